The fraction of sp³-hybridized carbons (Fsp3) is 0.393. The number of methoxy groups -OCH3 is 1. The summed E-state index contributed by atoms with van der Waals surface area (Å²) in [5.41, 5.74) is 0.441. The van der Waals surface area contributed by atoms with E-state index in [9.17, 15) is 14.2 Å². The molecule has 2 aromatic carbocycles. The van der Waals surface area contributed by atoms with Crippen molar-refractivity contribution < 1.29 is 41.9 Å². The standard InChI is InChI=1S/C28H31N2O10P/c1-28(2)39-23-21(38-26(24(23)40-28)30-15-14-29-22(25(30)31)27(32)34-3)18-37-41(33,35-16-19-10-6-4-7-11-19)36-17-20-12-8-5-9-13-20/h4-15,21,23-24,26H,16-18H2,1-3H3/t21-,23-,24-,26-/m1/s1. The Bertz CT molecular complexity index is 1400. The number of hydrogen-bond acceptors (Lipinski definition) is 11. The van der Waals surface area contributed by atoms with Crippen molar-refractivity contribution in [1.29, 1.82) is 0 Å². The predicted molar refractivity (Wildman–Crippen MR) is 144 cm³/mol. The Labute approximate surface area is 236 Å². The zero-order valence-corrected chi connectivity index (χ0v) is 23.7. The van der Waals surface area contributed by atoms with Gasteiger partial charge < -0.3 is 18.9 Å². The molecule has 0 radical (unpaired) electrons. The Kier molecular flexibility index (Phi) is 8.81. The van der Waals surface area contributed by atoms with E-state index in [2.05, 4.69) is 9.72 Å². The normalized spacial score (nSPS) is 23.3. The van der Waals surface area contributed by atoms with Gasteiger partial charge in [0.1, 0.15) is 18.3 Å². The quantitative estimate of drug-likeness (QED) is 0.238. The summed E-state index contributed by atoms with van der Waals surface area (Å²) >= 11 is 0. The van der Waals surface area contributed by atoms with Gasteiger partial charge in [0.15, 0.2) is 12.0 Å². The van der Waals surface area contributed by atoms with Gasteiger partial charge in [-0.3, -0.25) is 22.9 Å². The summed E-state index contributed by atoms with van der Waals surface area (Å²) in [5.74, 6) is -1.89. The smallest absolute Gasteiger partial charge is 0.464 e. The van der Waals surface area contributed by atoms with E-state index in [-0.39, 0.29) is 19.8 Å². The van der Waals surface area contributed by atoms with Gasteiger partial charge in [-0.2, -0.15) is 0 Å². The second-order valence-electron chi connectivity index (χ2n) is 9.87. The Morgan fingerprint density at radius 1 is 0.951 bits per heavy atom. The summed E-state index contributed by atoms with van der Waals surface area (Å²) in [6, 6.07) is 18.4. The minimum Gasteiger partial charge on any atom is -0.464 e. The molecule has 2 aliphatic rings. The van der Waals surface area contributed by atoms with Gasteiger partial charge in [0.2, 0.25) is 5.69 Å². The molecule has 2 saturated heterocycles. The van der Waals surface area contributed by atoms with Crippen LogP contribution in [0.3, 0.4) is 0 Å². The van der Waals surface area contributed by atoms with Gasteiger partial charge in [-0.05, 0) is 25.0 Å². The molecular weight excluding hydrogens is 555 g/mol. The maximum absolute atomic E-state index is 13.8. The number of aromatic nitrogens is 2. The highest BCUT2D eigenvalue weighted by atomic mass is 31.2. The number of carbonyl (C=O) groups excluding carboxylic acids is 1. The first-order valence-corrected chi connectivity index (χ1v) is 14.4. The number of hydrogen-bond donors (Lipinski definition) is 0. The van der Waals surface area contributed by atoms with Crippen molar-refractivity contribution in [2.45, 2.75) is 57.4 Å². The van der Waals surface area contributed by atoms with Crippen LogP contribution in [-0.2, 0) is 50.3 Å². The summed E-state index contributed by atoms with van der Waals surface area (Å²) in [5, 5.41) is 0. The van der Waals surface area contributed by atoms with E-state index in [0.717, 1.165) is 18.2 Å². The number of benzene rings is 2. The Balaban J connectivity index is 1.35. The third-order valence-corrected chi connectivity index (χ3v) is 7.86. The maximum Gasteiger partial charge on any atom is 0.475 e. The molecule has 5 rings (SSSR count). The van der Waals surface area contributed by atoms with Gasteiger partial charge in [0.05, 0.1) is 26.9 Å². The number of phosphoric ester groups is 1. The van der Waals surface area contributed by atoms with Crippen LogP contribution in [0.2, 0.25) is 0 Å². The molecule has 0 saturated carbocycles. The van der Waals surface area contributed by atoms with E-state index in [1.165, 1.54) is 17.0 Å². The lowest BCUT2D eigenvalue weighted by molar-refractivity contribution is -0.200. The van der Waals surface area contributed by atoms with Gasteiger partial charge in [-0.25, -0.2) is 14.3 Å². The number of nitrogens with zero attached hydrogens (tertiary/aromatic N) is 2. The van der Waals surface area contributed by atoms with E-state index in [1.54, 1.807) is 13.8 Å². The number of phosphoric acid groups is 1. The molecule has 13 heteroatoms. The molecule has 41 heavy (non-hydrogen) atoms. The molecule has 3 heterocycles. The van der Waals surface area contributed by atoms with Crippen LogP contribution in [-0.4, -0.2) is 53.3 Å². The van der Waals surface area contributed by atoms with E-state index >= 15 is 0 Å². The predicted octanol–water partition coefficient (Wildman–Crippen LogP) is 4.01. The molecule has 218 valence electrons. The van der Waals surface area contributed by atoms with Crippen molar-refractivity contribution in [2.75, 3.05) is 13.7 Å². The molecule has 0 amide bonds. The summed E-state index contributed by atoms with van der Waals surface area (Å²) < 4.78 is 55.2. The Morgan fingerprint density at radius 2 is 1.54 bits per heavy atom. The number of esters is 1. The molecule has 0 aliphatic carbocycles. The molecule has 0 spiro atoms. The fourth-order valence-electron chi connectivity index (χ4n) is 4.61. The first-order chi connectivity index (χ1) is 19.7. The lowest BCUT2D eigenvalue weighted by Gasteiger charge is -2.26. The molecule has 4 atom stereocenters. The van der Waals surface area contributed by atoms with Crippen LogP contribution in [0.15, 0.2) is 77.9 Å². The molecule has 0 bridgehead atoms. The number of ether oxygens (including phenoxy) is 4. The van der Waals surface area contributed by atoms with Crippen LogP contribution in [0.5, 0.6) is 0 Å². The van der Waals surface area contributed by atoms with Gasteiger partial charge in [0, 0.05) is 12.4 Å². The van der Waals surface area contributed by atoms with Crippen LogP contribution >= 0.6 is 7.82 Å². The fourth-order valence-corrected chi connectivity index (χ4v) is 5.78. The Hall–Kier alpha value is -3.22. The molecule has 0 N–H and O–H groups in total. The molecule has 2 fully saturated rings. The van der Waals surface area contributed by atoms with Crippen molar-refractivity contribution in [3.63, 3.8) is 0 Å². The average molecular weight is 587 g/mol. The molecule has 3 aromatic rings. The van der Waals surface area contributed by atoms with Crippen LogP contribution in [0.1, 0.15) is 41.7 Å². The van der Waals surface area contributed by atoms with Crippen molar-refractivity contribution >= 4 is 13.8 Å². The van der Waals surface area contributed by atoms with Crippen LogP contribution in [0.25, 0.3) is 0 Å². The monoisotopic (exact) mass is 586 g/mol. The summed E-state index contributed by atoms with van der Waals surface area (Å²) in [7, 11) is -2.96. The zero-order valence-electron chi connectivity index (χ0n) is 22.8. The third kappa shape index (κ3) is 6.82. The topological polar surface area (TPSA) is 134 Å². The van der Waals surface area contributed by atoms with Crippen LogP contribution in [0, 0.1) is 0 Å². The second kappa shape index (κ2) is 12.3. The van der Waals surface area contributed by atoms with Gasteiger partial charge in [-0.15, -0.1) is 0 Å². The first kappa shape index (κ1) is 29.3. The zero-order chi connectivity index (χ0) is 29.0. The summed E-state index contributed by atoms with van der Waals surface area (Å²) in [6.45, 7) is 3.17. The highest BCUT2D eigenvalue weighted by Gasteiger charge is 2.56. The van der Waals surface area contributed by atoms with E-state index in [0.29, 0.717) is 0 Å². The molecule has 1 aromatic heterocycles. The SMILES string of the molecule is COC(=O)c1nccn([C@@H]2O[C@H](COP(=O)(OCc3ccccc3)OCc3ccccc3)[C@H]3OC(C)(C)O[C@H]32)c1=O. The number of carbonyl (C=O) groups is 1. The highest BCUT2D eigenvalue weighted by Crippen LogP contribution is 2.52. The lowest BCUT2D eigenvalue weighted by Crippen LogP contribution is -2.36. The van der Waals surface area contributed by atoms with Crippen molar-refractivity contribution in [3.05, 3.63) is 100 Å². The lowest BCUT2D eigenvalue weighted by atomic mass is 10.1. The highest BCUT2D eigenvalue weighted by molar-refractivity contribution is 7.48. The van der Waals surface area contributed by atoms with Gasteiger partial charge >= 0.3 is 13.8 Å². The largest absolute Gasteiger partial charge is 0.475 e. The van der Waals surface area contributed by atoms with Gasteiger partial charge in [-0.1, -0.05) is 60.7 Å². The third-order valence-electron chi connectivity index (χ3n) is 6.51. The Morgan fingerprint density at radius 3 is 2.12 bits per heavy atom. The minimum absolute atomic E-state index is 0.0114. The molecular formula is C28H31N2O10P. The van der Waals surface area contributed by atoms with E-state index < -0.39 is 55.4 Å². The first-order valence-electron chi connectivity index (χ1n) is 13.0. The summed E-state index contributed by atoms with van der Waals surface area (Å²) in [6.07, 6.45) is -0.607. The number of fused-ring (bicyclic) bond motifs is 1. The number of rotatable bonds is 11. The van der Waals surface area contributed by atoms with E-state index in [1.807, 2.05) is 60.7 Å². The van der Waals surface area contributed by atoms with Crippen LogP contribution < -0.4 is 5.56 Å². The average Bonchev–Trinajstić information content (AvgIpc) is 3.47. The maximum atomic E-state index is 13.8. The van der Waals surface area contributed by atoms with E-state index in [4.69, 9.17) is 27.8 Å². The second-order valence-corrected chi connectivity index (χ2v) is 11.5. The summed E-state index contributed by atoms with van der Waals surface area (Å²) in [4.78, 5) is 29.0. The molecule has 2 aliphatic heterocycles. The molecule has 12 nitrogen and oxygen atoms in total. The van der Waals surface area contributed by atoms with Crippen molar-refractivity contribution in [3.8, 4) is 0 Å². The van der Waals surface area contributed by atoms with Crippen molar-refractivity contribution in [2.24, 2.45) is 0 Å². The van der Waals surface area contributed by atoms with Gasteiger partial charge in [0.25, 0.3) is 5.56 Å². The molecule has 0 unspecified atom stereocenters. The van der Waals surface area contributed by atoms with Crippen LogP contribution in [0.4, 0.5) is 0 Å². The van der Waals surface area contributed by atoms with Crippen molar-refractivity contribution in [1.82, 2.24) is 9.55 Å². The minimum atomic E-state index is -4.11.